The van der Waals surface area contributed by atoms with E-state index in [1.165, 1.54) is 10.4 Å². The van der Waals surface area contributed by atoms with Gasteiger partial charge in [0.25, 0.3) is 0 Å². The highest BCUT2D eigenvalue weighted by Gasteiger charge is 2.23. The zero-order valence-electron chi connectivity index (χ0n) is 14.7. The fraction of sp³-hybridized carbons (Fsp3) is 0.421. The number of halogens is 1. The van der Waals surface area contributed by atoms with E-state index in [0.717, 1.165) is 35.7 Å². The van der Waals surface area contributed by atoms with Gasteiger partial charge in [0, 0.05) is 33.9 Å². The minimum Gasteiger partial charge on any atom is -0.379 e. The average molecular weight is 455 g/mol. The molecule has 26 heavy (non-hydrogen) atoms. The minimum absolute atomic E-state index is 0.0761. The van der Waals surface area contributed by atoms with Crippen molar-refractivity contribution in [2.75, 3.05) is 38.6 Å². The Morgan fingerprint density at radius 3 is 2.88 bits per heavy atom. The molecule has 0 saturated carbocycles. The number of carbonyl (C=O) groups is 1. The lowest BCUT2D eigenvalue weighted by Gasteiger charge is -2.34. The number of nitrogens with zero attached hydrogens (tertiary/aromatic N) is 1. The van der Waals surface area contributed by atoms with Gasteiger partial charge in [0.05, 0.1) is 25.0 Å². The first-order chi connectivity index (χ1) is 12.6. The van der Waals surface area contributed by atoms with E-state index in [1.54, 1.807) is 23.1 Å². The highest BCUT2D eigenvalue weighted by Crippen LogP contribution is 2.27. The van der Waals surface area contributed by atoms with Crippen molar-refractivity contribution in [2.45, 2.75) is 17.9 Å². The van der Waals surface area contributed by atoms with Crippen molar-refractivity contribution in [3.8, 4) is 0 Å². The molecule has 1 aliphatic heterocycles. The molecule has 7 heteroatoms. The molecule has 1 aromatic carbocycles. The number of nitrogens with one attached hydrogen (secondary N) is 1. The third-order valence-corrected chi connectivity index (χ3v) is 6.99. The van der Waals surface area contributed by atoms with Crippen LogP contribution in [0.3, 0.4) is 0 Å². The Morgan fingerprint density at radius 1 is 1.38 bits per heavy atom. The Labute approximate surface area is 171 Å². The molecule has 1 aliphatic rings. The van der Waals surface area contributed by atoms with Crippen LogP contribution in [0.4, 0.5) is 0 Å². The number of carbonyl (C=O) groups excluding carboxylic acids is 1. The van der Waals surface area contributed by atoms with Gasteiger partial charge in [0.2, 0.25) is 5.91 Å². The summed E-state index contributed by atoms with van der Waals surface area (Å²) in [6.45, 7) is 6.04. The molecule has 1 atom stereocenters. The number of thiophene rings is 1. The summed E-state index contributed by atoms with van der Waals surface area (Å²) in [6, 6.07) is 10.6. The van der Waals surface area contributed by atoms with Crippen LogP contribution in [-0.4, -0.2) is 49.4 Å². The van der Waals surface area contributed by atoms with Gasteiger partial charge in [0.15, 0.2) is 0 Å². The van der Waals surface area contributed by atoms with Gasteiger partial charge in [-0.15, -0.1) is 23.1 Å². The van der Waals surface area contributed by atoms with Crippen LogP contribution in [0.25, 0.3) is 0 Å². The van der Waals surface area contributed by atoms with Crippen LogP contribution in [0, 0.1) is 6.92 Å². The maximum absolute atomic E-state index is 12.4. The standard InChI is InChI=1S/C19H23BrN2O2S2/c1-14-11-15(20)4-5-17(14)26-13-19(23)21-12-16(18-3-2-10-25-18)22-6-8-24-9-7-22/h2-5,10-11,16H,6-9,12-13H2,1H3,(H,21,23)/t16-/m0/s1. The molecule has 1 fully saturated rings. The Balaban J connectivity index is 1.53. The summed E-state index contributed by atoms with van der Waals surface area (Å²) >= 11 is 6.80. The summed E-state index contributed by atoms with van der Waals surface area (Å²) in [5.41, 5.74) is 1.18. The van der Waals surface area contributed by atoms with Crippen molar-refractivity contribution in [2.24, 2.45) is 0 Å². The monoisotopic (exact) mass is 454 g/mol. The van der Waals surface area contributed by atoms with E-state index in [-0.39, 0.29) is 11.9 Å². The fourth-order valence-corrected chi connectivity index (χ4v) is 5.14. The van der Waals surface area contributed by atoms with Crippen molar-refractivity contribution in [3.05, 3.63) is 50.6 Å². The maximum atomic E-state index is 12.4. The second-order valence-corrected chi connectivity index (χ2v) is 9.09. The summed E-state index contributed by atoms with van der Waals surface area (Å²) < 4.78 is 6.53. The van der Waals surface area contributed by atoms with Gasteiger partial charge in [-0.1, -0.05) is 22.0 Å². The lowest BCUT2D eigenvalue weighted by molar-refractivity contribution is -0.118. The molecule has 4 nitrogen and oxygen atoms in total. The predicted molar refractivity (Wildman–Crippen MR) is 112 cm³/mol. The van der Waals surface area contributed by atoms with E-state index in [9.17, 15) is 4.79 Å². The first kappa shape index (κ1) is 19.9. The highest BCUT2D eigenvalue weighted by molar-refractivity contribution is 9.10. The molecule has 1 N–H and O–H groups in total. The Morgan fingerprint density at radius 2 is 2.19 bits per heavy atom. The fourth-order valence-electron chi connectivity index (χ4n) is 2.96. The quantitative estimate of drug-likeness (QED) is 0.639. The number of thioether (sulfide) groups is 1. The number of hydrogen-bond acceptors (Lipinski definition) is 5. The number of morpholine rings is 1. The summed E-state index contributed by atoms with van der Waals surface area (Å²) in [7, 11) is 0. The van der Waals surface area contributed by atoms with Crippen LogP contribution in [0.15, 0.2) is 45.1 Å². The van der Waals surface area contributed by atoms with Gasteiger partial charge in [0.1, 0.15) is 0 Å². The van der Waals surface area contributed by atoms with Gasteiger partial charge in [-0.05, 0) is 42.1 Å². The lowest BCUT2D eigenvalue weighted by Crippen LogP contribution is -2.43. The summed E-state index contributed by atoms with van der Waals surface area (Å²) in [5.74, 6) is 0.509. The Kier molecular flexibility index (Phi) is 7.57. The van der Waals surface area contributed by atoms with E-state index < -0.39 is 0 Å². The first-order valence-electron chi connectivity index (χ1n) is 8.64. The third kappa shape index (κ3) is 5.57. The van der Waals surface area contributed by atoms with E-state index in [2.05, 4.69) is 62.7 Å². The number of aryl methyl sites for hydroxylation is 1. The molecular formula is C19H23BrN2O2S2. The Hall–Kier alpha value is -0.860. The van der Waals surface area contributed by atoms with Gasteiger partial charge in [-0.25, -0.2) is 0 Å². The molecule has 2 aromatic rings. The second kappa shape index (κ2) is 9.90. The predicted octanol–water partition coefficient (Wildman–Crippen LogP) is 4.10. The molecule has 0 unspecified atom stereocenters. The average Bonchev–Trinajstić information content (AvgIpc) is 3.16. The van der Waals surface area contributed by atoms with Gasteiger partial charge in [-0.3, -0.25) is 9.69 Å². The van der Waals surface area contributed by atoms with E-state index in [0.29, 0.717) is 12.3 Å². The topological polar surface area (TPSA) is 41.6 Å². The van der Waals surface area contributed by atoms with Crippen LogP contribution >= 0.6 is 39.0 Å². The van der Waals surface area contributed by atoms with Crippen LogP contribution in [0.1, 0.15) is 16.5 Å². The molecule has 0 spiro atoms. The molecule has 3 rings (SSSR count). The molecule has 0 bridgehead atoms. The zero-order valence-corrected chi connectivity index (χ0v) is 18.0. The van der Waals surface area contributed by atoms with Crippen molar-refractivity contribution in [1.82, 2.24) is 10.2 Å². The SMILES string of the molecule is Cc1cc(Br)ccc1SCC(=O)NC[C@@H](c1cccs1)N1CCOCC1. The molecule has 0 aliphatic carbocycles. The van der Waals surface area contributed by atoms with Crippen LogP contribution < -0.4 is 5.32 Å². The number of amides is 1. The third-order valence-electron chi connectivity index (χ3n) is 4.35. The molecule has 1 saturated heterocycles. The maximum Gasteiger partial charge on any atom is 0.230 e. The van der Waals surface area contributed by atoms with Crippen LogP contribution in [0.2, 0.25) is 0 Å². The largest absolute Gasteiger partial charge is 0.379 e. The summed E-state index contributed by atoms with van der Waals surface area (Å²) in [4.78, 5) is 17.2. The number of hydrogen-bond donors (Lipinski definition) is 1. The van der Waals surface area contributed by atoms with Crippen molar-refractivity contribution in [1.29, 1.82) is 0 Å². The minimum atomic E-state index is 0.0761. The lowest BCUT2D eigenvalue weighted by atomic mass is 10.2. The smallest absolute Gasteiger partial charge is 0.230 e. The van der Waals surface area contributed by atoms with Crippen molar-refractivity contribution < 1.29 is 9.53 Å². The molecule has 140 valence electrons. The number of rotatable bonds is 7. The number of benzene rings is 1. The van der Waals surface area contributed by atoms with Gasteiger partial charge < -0.3 is 10.1 Å². The van der Waals surface area contributed by atoms with Crippen LogP contribution in [0.5, 0.6) is 0 Å². The molecule has 2 heterocycles. The van der Waals surface area contributed by atoms with Crippen molar-refractivity contribution in [3.63, 3.8) is 0 Å². The highest BCUT2D eigenvalue weighted by atomic mass is 79.9. The normalized spacial score (nSPS) is 16.4. The van der Waals surface area contributed by atoms with Gasteiger partial charge in [-0.2, -0.15) is 0 Å². The van der Waals surface area contributed by atoms with Crippen molar-refractivity contribution >= 4 is 44.9 Å². The summed E-state index contributed by atoms with van der Waals surface area (Å²) in [5, 5.41) is 5.22. The zero-order chi connectivity index (χ0) is 18.4. The van der Waals surface area contributed by atoms with E-state index >= 15 is 0 Å². The second-order valence-electron chi connectivity index (χ2n) is 6.18. The molecule has 1 aromatic heterocycles. The van der Waals surface area contributed by atoms with Gasteiger partial charge >= 0.3 is 0 Å². The van der Waals surface area contributed by atoms with Crippen LogP contribution in [-0.2, 0) is 9.53 Å². The van der Waals surface area contributed by atoms with E-state index in [1.807, 2.05) is 6.07 Å². The Bertz CT molecular complexity index is 718. The first-order valence-corrected chi connectivity index (χ1v) is 11.3. The molecule has 0 radical (unpaired) electrons. The van der Waals surface area contributed by atoms with E-state index in [4.69, 9.17) is 4.74 Å². The number of ether oxygens (including phenoxy) is 1. The molecule has 1 amide bonds. The summed E-state index contributed by atoms with van der Waals surface area (Å²) in [6.07, 6.45) is 0. The molecular weight excluding hydrogens is 432 g/mol.